The van der Waals surface area contributed by atoms with E-state index in [1.165, 1.54) is 6.42 Å². The summed E-state index contributed by atoms with van der Waals surface area (Å²) in [6, 6.07) is 0.466. The summed E-state index contributed by atoms with van der Waals surface area (Å²) < 4.78 is 0. The lowest BCUT2D eigenvalue weighted by Gasteiger charge is -2.30. The fraction of sp³-hybridized carbons (Fsp3) is 1.00. The van der Waals surface area contributed by atoms with Gasteiger partial charge < -0.3 is 10.4 Å². The summed E-state index contributed by atoms with van der Waals surface area (Å²) in [6.07, 6.45) is 5.63. The van der Waals surface area contributed by atoms with E-state index in [1.54, 1.807) is 0 Å². The molecular formula is C10H21NOS. The van der Waals surface area contributed by atoms with Gasteiger partial charge in [0.15, 0.2) is 0 Å². The highest BCUT2D eigenvalue weighted by Gasteiger charge is 2.38. The van der Waals surface area contributed by atoms with Crippen LogP contribution >= 0.6 is 11.8 Å². The molecule has 0 aromatic carbocycles. The molecule has 1 saturated carbocycles. The minimum Gasteiger partial charge on any atom is -0.394 e. The molecule has 2 nitrogen and oxygen atoms in total. The minimum absolute atomic E-state index is 0.0157. The third-order valence-corrected chi connectivity index (χ3v) is 3.86. The quantitative estimate of drug-likeness (QED) is 0.728. The Balaban J connectivity index is 2.52. The Labute approximate surface area is 85.5 Å². The number of hydrogen-bond acceptors (Lipinski definition) is 3. The van der Waals surface area contributed by atoms with E-state index in [4.69, 9.17) is 0 Å². The van der Waals surface area contributed by atoms with Crippen LogP contribution in [0.15, 0.2) is 0 Å². The number of nitrogens with one attached hydrogen (secondary N) is 1. The zero-order valence-corrected chi connectivity index (χ0v) is 9.66. The maximum atomic E-state index is 9.41. The summed E-state index contributed by atoms with van der Waals surface area (Å²) in [7, 11) is 0. The van der Waals surface area contributed by atoms with Gasteiger partial charge in [-0.25, -0.2) is 0 Å². The number of thioether (sulfide) groups is 1. The topological polar surface area (TPSA) is 32.3 Å². The maximum Gasteiger partial charge on any atom is 0.0613 e. The van der Waals surface area contributed by atoms with Crippen LogP contribution in [0.5, 0.6) is 0 Å². The van der Waals surface area contributed by atoms with Crippen molar-refractivity contribution in [3.05, 3.63) is 0 Å². The third-order valence-electron chi connectivity index (χ3n) is 2.79. The third kappa shape index (κ3) is 2.86. The smallest absolute Gasteiger partial charge is 0.0613 e. The fourth-order valence-corrected chi connectivity index (χ4v) is 3.05. The Morgan fingerprint density at radius 3 is 2.69 bits per heavy atom. The molecule has 78 valence electrons. The second kappa shape index (κ2) is 4.67. The van der Waals surface area contributed by atoms with Gasteiger partial charge in [-0.3, -0.25) is 0 Å². The molecule has 0 bridgehead atoms. The first-order chi connectivity index (χ1) is 6.12. The van der Waals surface area contributed by atoms with Crippen molar-refractivity contribution in [1.82, 2.24) is 5.32 Å². The summed E-state index contributed by atoms with van der Waals surface area (Å²) in [6.45, 7) is 4.57. The van der Waals surface area contributed by atoms with Crippen LogP contribution in [0.1, 0.15) is 33.1 Å². The Kier molecular flexibility index (Phi) is 4.07. The zero-order valence-electron chi connectivity index (χ0n) is 8.84. The van der Waals surface area contributed by atoms with Gasteiger partial charge in [0.05, 0.1) is 6.61 Å². The average Bonchev–Trinajstić information content (AvgIpc) is 2.48. The molecule has 0 heterocycles. The number of hydrogen-bond donors (Lipinski definition) is 2. The lowest BCUT2D eigenvalue weighted by Crippen LogP contribution is -2.49. The first kappa shape index (κ1) is 11.3. The standard InChI is InChI=1S/C10H21NOS/c1-8(2)11-10(7-12)5-4-9(6-10)13-3/h8-9,11-12H,4-7H2,1-3H3. The highest BCUT2D eigenvalue weighted by molar-refractivity contribution is 7.99. The molecule has 3 heteroatoms. The Morgan fingerprint density at radius 2 is 2.31 bits per heavy atom. The van der Waals surface area contributed by atoms with Crippen molar-refractivity contribution < 1.29 is 5.11 Å². The van der Waals surface area contributed by atoms with Crippen molar-refractivity contribution in [2.75, 3.05) is 12.9 Å². The number of aliphatic hydroxyl groups excluding tert-OH is 1. The van der Waals surface area contributed by atoms with Crippen molar-refractivity contribution in [2.45, 2.75) is 49.9 Å². The molecule has 1 fully saturated rings. The number of aliphatic hydroxyl groups is 1. The van der Waals surface area contributed by atoms with E-state index in [2.05, 4.69) is 25.4 Å². The van der Waals surface area contributed by atoms with E-state index in [-0.39, 0.29) is 12.1 Å². The predicted octanol–water partition coefficient (Wildman–Crippen LogP) is 1.63. The summed E-state index contributed by atoms with van der Waals surface area (Å²) in [5.41, 5.74) is 0.0157. The van der Waals surface area contributed by atoms with Gasteiger partial charge in [0, 0.05) is 16.8 Å². The van der Waals surface area contributed by atoms with Crippen molar-refractivity contribution in [3.8, 4) is 0 Å². The molecule has 0 aliphatic heterocycles. The fourth-order valence-electron chi connectivity index (χ4n) is 2.21. The van der Waals surface area contributed by atoms with Crippen molar-refractivity contribution >= 4 is 11.8 Å². The minimum atomic E-state index is 0.0157. The van der Waals surface area contributed by atoms with Gasteiger partial charge in [0.1, 0.15) is 0 Å². The molecule has 2 atom stereocenters. The summed E-state index contributed by atoms with van der Waals surface area (Å²) >= 11 is 1.93. The summed E-state index contributed by atoms with van der Waals surface area (Å²) in [5.74, 6) is 0. The van der Waals surface area contributed by atoms with Gasteiger partial charge in [0.25, 0.3) is 0 Å². The van der Waals surface area contributed by atoms with Crippen LogP contribution in [0, 0.1) is 0 Å². The van der Waals surface area contributed by atoms with Gasteiger partial charge in [-0.1, -0.05) is 13.8 Å². The van der Waals surface area contributed by atoms with Crippen LogP contribution < -0.4 is 5.32 Å². The lowest BCUT2D eigenvalue weighted by molar-refractivity contribution is 0.156. The molecule has 0 amide bonds. The first-order valence-corrected chi connectivity index (χ1v) is 6.32. The number of rotatable bonds is 4. The van der Waals surface area contributed by atoms with Crippen LogP contribution in [0.4, 0.5) is 0 Å². The van der Waals surface area contributed by atoms with Crippen LogP contribution in [0.25, 0.3) is 0 Å². The first-order valence-electron chi connectivity index (χ1n) is 5.03. The van der Waals surface area contributed by atoms with E-state index in [0.717, 1.165) is 18.1 Å². The van der Waals surface area contributed by atoms with Crippen molar-refractivity contribution in [2.24, 2.45) is 0 Å². The second-order valence-electron chi connectivity index (χ2n) is 4.34. The molecule has 2 N–H and O–H groups in total. The molecular weight excluding hydrogens is 182 g/mol. The van der Waals surface area contributed by atoms with Crippen LogP contribution in [0.3, 0.4) is 0 Å². The molecule has 1 aliphatic carbocycles. The summed E-state index contributed by atoms with van der Waals surface area (Å²) in [4.78, 5) is 0. The second-order valence-corrected chi connectivity index (χ2v) is 5.48. The molecule has 0 aromatic heterocycles. The Morgan fingerprint density at radius 1 is 1.62 bits per heavy atom. The predicted molar refractivity (Wildman–Crippen MR) is 59.2 cm³/mol. The summed E-state index contributed by atoms with van der Waals surface area (Å²) in [5, 5.41) is 13.6. The van der Waals surface area contributed by atoms with Gasteiger partial charge in [-0.05, 0) is 25.5 Å². The monoisotopic (exact) mass is 203 g/mol. The van der Waals surface area contributed by atoms with Crippen molar-refractivity contribution in [1.29, 1.82) is 0 Å². The molecule has 0 aromatic rings. The molecule has 0 spiro atoms. The largest absolute Gasteiger partial charge is 0.394 e. The van der Waals surface area contributed by atoms with Crippen LogP contribution in [-0.4, -0.2) is 34.8 Å². The normalized spacial score (nSPS) is 34.4. The lowest BCUT2D eigenvalue weighted by atomic mass is 9.98. The van der Waals surface area contributed by atoms with Gasteiger partial charge in [-0.2, -0.15) is 11.8 Å². The van der Waals surface area contributed by atoms with Crippen LogP contribution in [0.2, 0.25) is 0 Å². The average molecular weight is 203 g/mol. The highest BCUT2D eigenvalue weighted by atomic mass is 32.2. The van der Waals surface area contributed by atoms with Gasteiger partial charge in [0.2, 0.25) is 0 Å². The zero-order chi connectivity index (χ0) is 9.90. The van der Waals surface area contributed by atoms with E-state index in [1.807, 2.05) is 11.8 Å². The van der Waals surface area contributed by atoms with E-state index in [0.29, 0.717) is 6.04 Å². The Hall–Kier alpha value is 0.270. The molecule has 13 heavy (non-hydrogen) atoms. The van der Waals surface area contributed by atoms with Crippen molar-refractivity contribution in [3.63, 3.8) is 0 Å². The maximum absolute atomic E-state index is 9.41. The molecule has 1 aliphatic rings. The highest BCUT2D eigenvalue weighted by Crippen LogP contribution is 2.36. The van der Waals surface area contributed by atoms with Gasteiger partial charge >= 0.3 is 0 Å². The molecule has 0 saturated heterocycles. The van der Waals surface area contributed by atoms with E-state index < -0.39 is 0 Å². The molecule has 1 rings (SSSR count). The van der Waals surface area contributed by atoms with E-state index >= 15 is 0 Å². The Bertz CT molecular complexity index is 163. The molecule has 2 unspecified atom stereocenters. The molecule has 0 radical (unpaired) electrons. The SMILES string of the molecule is CSC1CCC(CO)(NC(C)C)C1. The van der Waals surface area contributed by atoms with Crippen LogP contribution in [-0.2, 0) is 0 Å². The van der Waals surface area contributed by atoms with Gasteiger partial charge in [-0.15, -0.1) is 0 Å². The van der Waals surface area contributed by atoms with E-state index in [9.17, 15) is 5.11 Å².